The van der Waals surface area contributed by atoms with Crippen LogP contribution in [0.3, 0.4) is 0 Å². The molecule has 0 radical (unpaired) electrons. The summed E-state index contributed by atoms with van der Waals surface area (Å²) in [6, 6.07) is 6.24. The molecule has 1 aromatic carbocycles. The Bertz CT molecular complexity index is 602. The molecule has 1 aliphatic heterocycles. The molecule has 86 valence electrons. The molecule has 0 aliphatic carbocycles. The minimum absolute atomic E-state index is 0.674. The van der Waals surface area contributed by atoms with Gasteiger partial charge in [0.15, 0.2) is 0 Å². The Morgan fingerprint density at radius 2 is 2.24 bits per heavy atom. The Balaban J connectivity index is 2.22. The third kappa shape index (κ3) is 1.74. The molecule has 6 heteroatoms. The van der Waals surface area contributed by atoms with Crippen LogP contribution in [0.5, 0.6) is 0 Å². The first-order valence-corrected chi connectivity index (χ1v) is 6.49. The molecule has 0 atom stereocenters. The predicted octanol–water partition coefficient (Wildman–Crippen LogP) is 1.78. The number of aryl methyl sites for hydroxylation is 1. The van der Waals surface area contributed by atoms with Gasteiger partial charge in [0.05, 0.1) is 12.2 Å². The summed E-state index contributed by atoms with van der Waals surface area (Å²) in [5, 5.41) is 12.6. The van der Waals surface area contributed by atoms with E-state index in [1.54, 1.807) is 16.4 Å². The van der Waals surface area contributed by atoms with E-state index in [4.69, 9.17) is 0 Å². The summed E-state index contributed by atoms with van der Waals surface area (Å²) in [6.45, 7) is 2.75. The van der Waals surface area contributed by atoms with E-state index in [9.17, 15) is 0 Å². The van der Waals surface area contributed by atoms with Crippen LogP contribution < -0.4 is 0 Å². The quantitative estimate of drug-likeness (QED) is 0.710. The molecule has 0 saturated carbocycles. The molecule has 3 rings (SSSR count). The van der Waals surface area contributed by atoms with Gasteiger partial charge in [0.1, 0.15) is 5.04 Å². The van der Waals surface area contributed by atoms with Gasteiger partial charge in [0.2, 0.25) is 5.82 Å². The number of fused-ring (bicyclic) bond motifs is 2. The van der Waals surface area contributed by atoms with Crippen molar-refractivity contribution in [3.05, 3.63) is 35.2 Å². The normalized spacial score (nSPS) is 13.6. The fourth-order valence-electron chi connectivity index (χ4n) is 1.87. The minimum Gasteiger partial charge on any atom is -0.238 e. The van der Waals surface area contributed by atoms with Gasteiger partial charge in [-0.05, 0) is 35.2 Å². The Morgan fingerprint density at radius 1 is 1.35 bits per heavy atom. The van der Waals surface area contributed by atoms with Crippen LogP contribution in [0.1, 0.15) is 17.0 Å². The van der Waals surface area contributed by atoms with Crippen LogP contribution in [0.4, 0.5) is 5.69 Å². The largest absolute Gasteiger partial charge is 0.238 e. The van der Waals surface area contributed by atoms with E-state index in [1.807, 2.05) is 12.3 Å². The number of hydrogen-bond acceptors (Lipinski definition) is 5. The van der Waals surface area contributed by atoms with Crippen molar-refractivity contribution in [3.63, 3.8) is 0 Å². The molecule has 0 amide bonds. The van der Waals surface area contributed by atoms with Crippen LogP contribution in [0.2, 0.25) is 0 Å². The lowest BCUT2D eigenvalue weighted by molar-refractivity contribution is 0.647. The monoisotopic (exact) mass is 245 g/mol. The molecule has 1 aromatic heterocycles. The highest BCUT2D eigenvalue weighted by molar-refractivity contribution is 8.13. The molecule has 1 aliphatic rings. The van der Waals surface area contributed by atoms with E-state index < -0.39 is 0 Å². The van der Waals surface area contributed by atoms with Gasteiger partial charge in [-0.2, -0.15) is 0 Å². The zero-order chi connectivity index (χ0) is 11.8. The number of tetrazole rings is 1. The maximum Gasteiger partial charge on any atom is 0.207 e. The second kappa shape index (κ2) is 3.96. The third-order valence-corrected chi connectivity index (χ3v) is 3.35. The lowest BCUT2D eigenvalue weighted by Crippen LogP contribution is -2.08. The molecular formula is C11H11N5S. The van der Waals surface area contributed by atoms with Gasteiger partial charge >= 0.3 is 0 Å². The number of benzene rings is 1. The number of hydrogen-bond donors (Lipinski definition) is 0. The van der Waals surface area contributed by atoms with Crippen molar-refractivity contribution in [2.45, 2.75) is 13.5 Å². The standard InChI is InChI=1S/C11H11N5S/c1-7-3-4-9-8(5-7)6-16-10(13-14-15-16)11(12-9)17-2/h3-5H,6H2,1-2H3. The highest BCUT2D eigenvalue weighted by Gasteiger charge is 2.18. The summed E-state index contributed by atoms with van der Waals surface area (Å²) in [6.07, 6.45) is 1.98. The van der Waals surface area contributed by atoms with Crippen LogP contribution in [0.15, 0.2) is 23.2 Å². The van der Waals surface area contributed by atoms with Crippen molar-refractivity contribution in [2.75, 3.05) is 6.26 Å². The smallest absolute Gasteiger partial charge is 0.207 e. The summed E-state index contributed by atoms with van der Waals surface area (Å²) in [4.78, 5) is 4.63. The van der Waals surface area contributed by atoms with Crippen molar-refractivity contribution in [1.82, 2.24) is 20.2 Å². The molecule has 0 fully saturated rings. The van der Waals surface area contributed by atoms with Gasteiger partial charge in [-0.3, -0.25) is 0 Å². The second-order valence-electron chi connectivity index (χ2n) is 3.91. The van der Waals surface area contributed by atoms with Crippen molar-refractivity contribution in [2.24, 2.45) is 4.99 Å². The van der Waals surface area contributed by atoms with Crippen molar-refractivity contribution in [3.8, 4) is 0 Å². The zero-order valence-electron chi connectivity index (χ0n) is 9.58. The summed E-state index contributed by atoms with van der Waals surface area (Å²) in [5.74, 6) is 0.742. The Morgan fingerprint density at radius 3 is 3.06 bits per heavy atom. The van der Waals surface area contributed by atoms with Gasteiger partial charge in [-0.25, -0.2) is 9.67 Å². The van der Waals surface area contributed by atoms with Gasteiger partial charge in [0, 0.05) is 0 Å². The molecule has 2 aromatic rings. The summed E-state index contributed by atoms with van der Waals surface area (Å²) in [7, 11) is 0. The molecule has 17 heavy (non-hydrogen) atoms. The third-order valence-electron chi connectivity index (χ3n) is 2.69. The summed E-state index contributed by atoms with van der Waals surface area (Å²) >= 11 is 1.56. The summed E-state index contributed by atoms with van der Waals surface area (Å²) in [5.41, 5.74) is 3.37. The van der Waals surface area contributed by atoms with Crippen LogP contribution in [-0.4, -0.2) is 31.5 Å². The number of thioether (sulfide) groups is 1. The van der Waals surface area contributed by atoms with Crippen LogP contribution >= 0.6 is 11.8 Å². The Hall–Kier alpha value is -1.69. The molecule has 2 heterocycles. The van der Waals surface area contributed by atoms with E-state index in [1.165, 1.54) is 5.56 Å². The number of aromatic nitrogens is 4. The maximum atomic E-state index is 4.63. The highest BCUT2D eigenvalue weighted by atomic mass is 32.2. The van der Waals surface area contributed by atoms with E-state index in [0.29, 0.717) is 6.54 Å². The highest BCUT2D eigenvalue weighted by Crippen LogP contribution is 2.27. The van der Waals surface area contributed by atoms with Gasteiger partial charge in [0.25, 0.3) is 0 Å². The summed E-state index contributed by atoms with van der Waals surface area (Å²) < 4.78 is 1.79. The van der Waals surface area contributed by atoms with Crippen molar-refractivity contribution >= 4 is 22.5 Å². The van der Waals surface area contributed by atoms with Crippen LogP contribution in [-0.2, 0) is 6.54 Å². The number of nitrogens with zero attached hydrogens (tertiary/aromatic N) is 5. The average Bonchev–Trinajstić information content (AvgIpc) is 2.71. The van der Waals surface area contributed by atoms with Gasteiger partial charge in [-0.15, -0.1) is 16.9 Å². The minimum atomic E-state index is 0.674. The second-order valence-corrected chi connectivity index (χ2v) is 4.71. The first-order valence-electron chi connectivity index (χ1n) is 5.26. The van der Waals surface area contributed by atoms with Crippen LogP contribution in [0, 0.1) is 6.92 Å². The zero-order valence-corrected chi connectivity index (χ0v) is 10.4. The molecule has 0 N–H and O–H groups in total. The lowest BCUT2D eigenvalue weighted by Gasteiger charge is -2.03. The van der Waals surface area contributed by atoms with Crippen molar-refractivity contribution in [1.29, 1.82) is 0 Å². The fourth-order valence-corrected chi connectivity index (χ4v) is 2.39. The maximum absolute atomic E-state index is 4.63. The topological polar surface area (TPSA) is 56.0 Å². The predicted molar refractivity (Wildman–Crippen MR) is 67.8 cm³/mol. The first kappa shape index (κ1) is 10.5. The van der Waals surface area contributed by atoms with Crippen molar-refractivity contribution < 1.29 is 0 Å². The molecule has 0 saturated heterocycles. The van der Waals surface area contributed by atoms with E-state index >= 15 is 0 Å². The lowest BCUT2D eigenvalue weighted by atomic mass is 10.1. The Kier molecular flexibility index (Phi) is 2.44. The van der Waals surface area contributed by atoms with E-state index in [2.05, 4.69) is 39.6 Å². The molecule has 0 unspecified atom stereocenters. The Labute approximate surface area is 103 Å². The van der Waals surface area contributed by atoms with E-state index in [0.717, 1.165) is 22.1 Å². The molecule has 5 nitrogen and oxygen atoms in total. The molecule has 0 spiro atoms. The van der Waals surface area contributed by atoms with Gasteiger partial charge in [-0.1, -0.05) is 17.7 Å². The fraction of sp³-hybridized carbons (Fsp3) is 0.273. The first-order chi connectivity index (χ1) is 8.28. The van der Waals surface area contributed by atoms with Gasteiger partial charge < -0.3 is 0 Å². The number of rotatable bonds is 0. The van der Waals surface area contributed by atoms with E-state index in [-0.39, 0.29) is 0 Å². The van der Waals surface area contributed by atoms with Crippen LogP contribution in [0.25, 0.3) is 0 Å². The molecule has 0 bridgehead atoms. The SMILES string of the molecule is CSC1=Nc2ccc(C)cc2Cn2nnnc21. The average molecular weight is 245 g/mol. The number of aliphatic imine (C=N–C) groups is 1. The molecular weight excluding hydrogens is 234 g/mol.